The highest BCUT2D eigenvalue weighted by Gasteiger charge is 2.29. The number of ether oxygens (including phenoxy) is 1. The average Bonchev–Trinajstić information content (AvgIpc) is 2.46. The van der Waals surface area contributed by atoms with Gasteiger partial charge in [0.25, 0.3) is 0 Å². The molecule has 142 valence electrons. The van der Waals surface area contributed by atoms with Crippen LogP contribution in [0.2, 0.25) is 0 Å². The predicted octanol–water partition coefficient (Wildman–Crippen LogP) is 2.36. The van der Waals surface area contributed by atoms with E-state index >= 15 is 0 Å². The van der Waals surface area contributed by atoms with Crippen LogP contribution >= 0.6 is 35.7 Å². The Bertz CT molecular complexity index is 406. The summed E-state index contributed by atoms with van der Waals surface area (Å²) in [7, 11) is 1.88. The minimum atomic E-state index is 0. The van der Waals surface area contributed by atoms with Crippen LogP contribution in [0.4, 0.5) is 0 Å². The Balaban J connectivity index is 0.00000288. The Labute approximate surface area is 169 Å². The molecule has 0 radical (unpaired) electrons. The molecule has 7 heteroatoms. The van der Waals surface area contributed by atoms with E-state index in [0.29, 0.717) is 10.7 Å². The Morgan fingerprint density at radius 2 is 2.12 bits per heavy atom. The van der Waals surface area contributed by atoms with Gasteiger partial charge in [-0.15, -0.1) is 24.0 Å². The third-order valence-electron chi connectivity index (χ3n) is 4.27. The van der Waals surface area contributed by atoms with Crippen LogP contribution in [0.1, 0.15) is 27.7 Å². The molecule has 0 aromatic rings. The first-order valence-electron chi connectivity index (χ1n) is 8.83. The van der Waals surface area contributed by atoms with E-state index in [1.807, 2.05) is 18.8 Å². The first-order valence-corrected chi connectivity index (χ1v) is 9.81. The fourth-order valence-electron chi connectivity index (χ4n) is 3.32. The van der Waals surface area contributed by atoms with Crippen LogP contribution in [-0.4, -0.2) is 85.3 Å². The number of halogens is 1. The van der Waals surface area contributed by atoms with Crippen LogP contribution in [0.5, 0.6) is 0 Å². The summed E-state index contributed by atoms with van der Waals surface area (Å²) in [5.74, 6) is 2.89. The number of nitrogens with one attached hydrogen (secondary N) is 1. The van der Waals surface area contributed by atoms with E-state index < -0.39 is 0 Å². The first-order chi connectivity index (χ1) is 10.9. The number of rotatable bonds is 4. The van der Waals surface area contributed by atoms with Crippen molar-refractivity contribution in [2.75, 3.05) is 58.7 Å². The monoisotopic (exact) mass is 470 g/mol. The summed E-state index contributed by atoms with van der Waals surface area (Å²) in [5, 5.41) is 3.54. The Hall–Kier alpha value is 0.270. The third kappa shape index (κ3) is 7.25. The van der Waals surface area contributed by atoms with E-state index in [-0.39, 0.29) is 30.1 Å². The van der Waals surface area contributed by atoms with Crippen molar-refractivity contribution in [3.05, 3.63) is 0 Å². The minimum absolute atomic E-state index is 0. The van der Waals surface area contributed by atoms with Gasteiger partial charge >= 0.3 is 0 Å². The fourth-order valence-corrected chi connectivity index (χ4v) is 4.43. The SMILES string of the molecule is CN=C(NCC1CN(CC(C)C)CCO1)N1CCSC(C)(C)C1.I. The van der Waals surface area contributed by atoms with E-state index in [9.17, 15) is 0 Å². The number of morpholine rings is 1. The number of thioether (sulfide) groups is 1. The maximum Gasteiger partial charge on any atom is 0.193 e. The normalized spacial score (nSPS) is 25.5. The summed E-state index contributed by atoms with van der Waals surface area (Å²) in [6, 6.07) is 0. The molecule has 2 rings (SSSR count). The minimum Gasteiger partial charge on any atom is -0.374 e. The number of hydrogen-bond acceptors (Lipinski definition) is 4. The third-order valence-corrected chi connectivity index (χ3v) is 5.57. The number of hydrogen-bond donors (Lipinski definition) is 1. The van der Waals surface area contributed by atoms with Crippen molar-refractivity contribution in [2.24, 2.45) is 10.9 Å². The van der Waals surface area contributed by atoms with Gasteiger partial charge in [0, 0.05) is 56.8 Å². The lowest BCUT2D eigenvalue weighted by Gasteiger charge is -2.40. The summed E-state index contributed by atoms with van der Waals surface area (Å²) >= 11 is 2.05. The van der Waals surface area contributed by atoms with Crippen LogP contribution in [0.25, 0.3) is 0 Å². The Morgan fingerprint density at radius 3 is 2.75 bits per heavy atom. The van der Waals surface area contributed by atoms with E-state index in [1.54, 1.807) is 0 Å². The first kappa shape index (κ1) is 22.3. The zero-order valence-electron chi connectivity index (χ0n) is 15.9. The molecule has 24 heavy (non-hydrogen) atoms. The maximum atomic E-state index is 5.93. The lowest BCUT2D eigenvalue weighted by atomic mass is 10.2. The van der Waals surface area contributed by atoms with Gasteiger partial charge in [0.05, 0.1) is 12.7 Å². The molecule has 2 aliphatic rings. The second-order valence-electron chi connectivity index (χ2n) is 7.60. The predicted molar refractivity (Wildman–Crippen MR) is 116 cm³/mol. The van der Waals surface area contributed by atoms with Crippen LogP contribution < -0.4 is 5.32 Å². The summed E-state index contributed by atoms with van der Waals surface area (Å²) < 4.78 is 6.23. The summed E-state index contributed by atoms with van der Waals surface area (Å²) in [6.07, 6.45) is 0.256. The molecular weight excluding hydrogens is 435 g/mol. The van der Waals surface area contributed by atoms with Gasteiger partial charge in [0.15, 0.2) is 5.96 Å². The standard InChI is InChI=1S/C17H34N4OS.HI/c1-14(2)11-20-6-8-22-15(12-20)10-19-16(18-5)21-7-9-23-17(3,4)13-21;/h14-15H,6-13H2,1-5H3,(H,18,19);1H. The molecule has 2 heterocycles. The molecule has 0 aliphatic carbocycles. The van der Waals surface area contributed by atoms with Crippen molar-refractivity contribution in [1.82, 2.24) is 15.1 Å². The number of nitrogens with zero attached hydrogens (tertiary/aromatic N) is 3. The molecule has 2 aliphatic heterocycles. The zero-order valence-corrected chi connectivity index (χ0v) is 19.0. The highest BCUT2D eigenvalue weighted by molar-refractivity contribution is 14.0. The van der Waals surface area contributed by atoms with Gasteiger partial charge in [-0.3, -0.25) is 9.89 Å². The van der Waals surface area contributed by atoms with Crippen molar-refractivity contribution >= 4 is 41.7 Å². The molecule has 0 aromatic heterocycles. The van der Waals surface area contributed by atoms with Crippen LogP contribution in [-0.2, 0) is 4.74 Å². The molecule has 0 amide bonds. The van der Waals surface area contributed by atoms with Gasteiger partial charge in [-0.25, -0.2) is 0 Å². The lowest BCUT2D eigenvalue weighted by Crippen LogP contribution is -2.54. The van der Waals surface area contributed by atoms with Gasteiger partial charge in [0.2, 0.25) is 0 Å². The van der Waals surface area contributed by atoms with Gasteiger partial charge in [-0.05, 0) is 19.8 Å². The second-order valence-corrected chi connectivity index (χ2v) is 9.41. The van der Waals surface area contributed by atoms with Gasteiger partial charge in [-0.1, -0.05) is 13.8 Å². The maximum absolute atomic E-state index is 5.93. The van der Waals surface area contributed by atoms with E-state index in [0.717, 1.165) is 57.6 Å². The summed E-state index contributed by atoms with van der Waals surface area (Å²) in [4.78, 5) is 9.38. The summed E-state index contributed by atoms with van der Waals surface area (Å²) in [5.41, 5.74) is 0. The van der Waals surface area contributed by atoms with Crippen molar-refractivity contribution in [2.45, 2.75) is 38.5 Å². The van der Waals surface area contributed by atoms with Crippen molar-refractivity contribution in [1.29, 1.82) is 0 Å². The molecule has 0 bridgehead atoms. The second kappa shape index (κ2) is 10.4. The zero-order chi connectivity index (χ0) is 16.9. The Morgan fingerprint density at radius 1 is 1.38 bits per heavy atom. The van der Waals surface area contributed by atoms with Gasteiger partial charge in [0.1, 0.15) is 0 Å². The van der Waals surface area contributed by atoms with Crippen LogP contribution in [0.15, 0.2) is 4.99 Å². The van der Waals surface area contributed by atoms with Crippen molar-refractivity contribution in [3.63, 3.8) is 0 Å². The highest BCUT2D eigenvalue weighted by atomic mass is 127. The van der Waals surface area contributed by atoms with E-state index in [2.05, 4.69) is 47.8 Å². The average molecular weight is 470 g/mol. The smallest absolute Gasteiger partial charge is 0.193 e. The molecule has 5 nitrogen and oxygen atoms in total. The summed E-state index contributed by atoms with van der Waals surface area (Å²) in [6.45, 7) is 16.2. The quantitative estimate of drug-likeness (QED) is 0.388. The fraction of sp³-hybridized carbons (Fsp3) is 0.941. The molecule has 0 spiro atoms. The van der Waals surface area contributed by atoms with Crippen LogP contribution in [0.3, 0.4) is 0 Å². The Kier molecular flexibility index (Phi) is 9.69. The largest absolute Gasteiger partial charge is 0.374 e. The van der Waals surface area contributed by atoms with Crippen molar-refractivity contribution < 1.29 is 4.74 Å². The molecule has 0 aromatic carbocycles. The molecule has 1 unspecified atom stereocenters. The van der Waals surface area contributed by atoms with Gasteiger partial charge < -0.3 is 15.0 Å². The molecular formula is C17H35IN4OS. The molecule has 2 saturated heterocycles. The molecule has 0 saturated carbocycles. The molecule has 1 N–H and O–H groups in total. The highest BCUT2D eigenvalue weighted by Crippen LogP contribution is 2.29. The van der Waals surface area contributed by atoms with Crippen molar-refractivity contribution in [3.8, 4) is 0 Å². The topological polar surface area (TPSA) is 40.1 Å². The van der Waals surface area contributed by atoms with Gasteiger partial charge in [-0.2, -0.15) is 11.8 Å². The van der Waals surface area contributed by atoms with E-state index in [4.69, 9.17) is 4.74 Å². The molecule has 2 fully saturated rings. The molecule has 1 atom stereocenters. The number of aliphatic imine (C=N–C) groups is 1. The lowest BCUT2D eigenvalue weighted by molar-refractivity contribution is -0.0286. The van der Waals surface area contributed by atoms with Crippen LogP contribution in [0, 0.1) is 5.92 Å². The van der Waals surface area contributed by atoms with E-state index in [1.165, 1.54) is 0 Å². The number of guanidine groups is 1.